The second kappa shape index (κ2) is 8.24. The average Bonchev–Trinajstić information content (AvgIpc) is 3.07. The van der Waals surface area contributed by atoms with Crippen LogP contribution in [0.1, 0.15) is 25.0 Å². The molecule has 4 rings (SSSR count). The average molecular weight is 410 g/mol. The third-order valence-electron chi connectivity index (χ3n) is 5.50. The first-order chi connectivity index (χ1) is 14.4. The SMILES string of the molecule is C/C=C\c1ccc2oc(-c3ccc(O[C@@H]4O[C@@H](C)[C@@H](O)[C@@H](O)[C@H]4O)cc3)c(C)c2c1. The first-order valence-electron chi connectivity index (χ1n) is 10.0. The smallest absolute Gasteiger partial charge is 0.229 e. The molecule has 6 nitrogen and oxygen atoms in total. The molecule has 0 bridgehead atoms. The molecule has 1 saturated heterocycles. The summed E-state index contributed by atoms with van der Waals surface area (Å²) < 4.78 is 17.3. The lowest BCUT2D eigenvalue weighted by Crippen LogP contribution is -2.58. The number of hydrogen-bond acceptors (Lipinski definition) is 6. The molecule has 2 heterocycles. The van der Waals surface area contributed by atoms with Crippen LogP contribution in [0.4, 0.5) is 0 Å². The number of fused-ring (bicyclic) bond motifs is 1. The Morgan fingerprint density at radius 3 is 2.40 bits per heavy atom. The fourth-order valence-electron chi connectivity index (χ4n) is 3.74. The van der Waals surface area contributed by atoms with Crippen LogP contribution in [-0.2, 0) is 4.74 Å². The van der Waals surface area contributed by atoms with E-state index in [1.807, 2.05) is 44.2 Å². The molecule has 0 amide bonds. The zero-order chi connectivity index (χ0) is 21.4. The second-order valence-electron chi connectivity index (χ2n) is 7.64. The van der Waals surface area contributed by atoms with Gasteiger partial charge in [-0.05, 0) is 62.7 Å². The van der Waals surface area contributed by atoms with Gasteiger partial charge in [-0.15, -0.1) is 0 Å². The normalized spacial score (nSPS) is 27.1. The van der Waals surface area contributed by atoms with E-state index in [9.17, 15) is 15.3 Å². The van der Waals surface area contributed by atoms with E-state index >= 15 is 0 Å². The number of aliphatic hydroxyl groups excluding tert-OH is 3. The van der Waals surface area contributed by atoms with E-state index < -0.39 is 30.7 Å². The van der Waals surface area contributed by atoms with Crippen molar-refractivity contribution in [1.82, 2.24) is 0 Å². The predicted molar refractivity (Wildman–Crippen MR) is 114 cm³/mol. The highest BCUT2D eigenvalue weighted by molar-refractivity contribution is 5.89. The summed E-state index contributed by atoms with van der Waals surface area (Å²) >= 11 is 0. The zero-order valence-corrected chi connectivity index (χ0v) is 17.1. The number of furan rings is 1. The van der Waals surface area contributed by atoms with Crippen molar-refractivity contribution in [3.63, 3.8) is 0 Å². The van der Waals surface area contributed by atoms with E-state index in [0.29, 0.717) is 5.75 Å². The molecule has 3 N–H and O–H groups in total. The number of rotatable bonds is 4. The molecule has 3 aromatic rings. The van der Waals surface area contributed by atoms with Gasteiger partial charge in [-0.3, -0.25) is 0 Å². The first-order valence-corrected chi connectivity index (χ1v) is 10.0. The van der Waals surface area contributed by atoms with E-state index in [-0.39, 0.29) is 0 Å². The van der Waals surface area contributed by atoms with Crippen LogP contribution in [0.3, 0.4) is 0 Å². The van der Waals surface area contributed by atoms with Crippen molar-refractivity contribution in [2.75, 3.05) is 0 Å². The Balaban J connectivity index is 1.56. The molecule has 6 heteroatoms. The van der Waals surface area contributed by atoms with Gasteiger partial charge in [-0.2, -0.15) is 0 Å². The van der Waals surface area contributed by atoms with Gasteiger partial charge in [-0.1, -0.05) is 18.2 Å². The Hall–Kier alpha value is -2.64. The fraction of sp³-hybridized carbons (Fsp3) is 0.333. The minimum atomic E-state index is -1.35. The molecule has 0 saturated carbocycles. The minimum absolute atomic E-state index is 0.475. The van der Waals surface area contributed by atoms with Gasteiger partial charge in [0, 0.05) is 16.5 Å². The summed E-state index contributed by atoms with van der Waals surface area (Å²) in [6, 6.07) is 13.4. The third kappa shape index (κ3) is 3.75. The molecule has 0 radical (unpaired) electrons. The maximum Gasteiger partial charge on any atom is 0.229 e. The van der Waals surface area contributed by atoms with Crippen molar-refractivity contribution in [1.29, 1.82) is 0 Å². The number of aliphatic hydroxyl groups is 3. The highest BCUT2D eigenvalue weighted by Gasteiger charge is 2.43. The van der Waals surface area contributed by atoms with Crippen LogP contribution in [0.2, 0.25) is 0 Å². The Morgan fingerprint density at radius 1 is 0.967 bits per heavy atom. The third-order valence-corrected chi connectivity index (χ3v) is 5.50. The lowest BCUT2D eigenvalue weighted by Gasteiger charge is -2.38. The molecular weight excluding hydrogens is 384 g/mol. The van der Waals surface area contributed by atoms with Gasteiger partial charge in [0.2, 0.25) is 6.29 Å². The van der Waals surface area contributed by atoms with E-state index in [1.54, 1.807) is 19.1 Å². The second-order valence-corrected chi connectivity index (χ2v) is 7.64. The standard InChI is InChI=1S/C24H26O6/c1-4-5-15-6-11-19-18(12-15)13(2)23(30-19)16-7-9-17(10-8-16)29-24-22(27)21(26)20(25)14(3)28-24/h4-12,14,20-22,24-27H,1-3H3/b5-4-/t14-,20+,21+,22+,24-/m0/s1. The Morgan fingerprint density at radius 2 is 1.70 bits per heavy atom. The topological polar surface area (TPSA) is 92.3 Å². The van der Waals surface area contributed by atoms with Gasteiger partial charge >= 0.3 is 0 Å². The molecule has 158 valence electrons. The maximum absolute atomic E-state index is 10.1. The molecule has 5 atom stereocenters. The van der Waals surface area contributed by atoms with E-state index in [1.165, 1.54) is 0 Å². The van der Waals surface area contributed by atoms with Gasteiger partial charge in [0.15, 0.2) is 0 Å². The summed E-state index contributed by atoms with van der Waals surface area (Å²) in [4.78, 5) is 0. The summed E-state index contributed by atoms with van der Waals surface area (Å²) in [5.74, 6) is 1.26. The summed E-state index contributed by atoms with van der Waals surface area (Å²) in [6.07, 6.45) is -1.50. The number of ether oxygens (including phenoxy) is 2. The molecule has 1 fully saturated rings. The summed E-state index contributed by atoms with van der Waals surface area (Å²) in [7, 11) is 0. The van der Waals surface area contributed by atoms with Crippen molar-refractivity contribution in [2.24, 2.45) is 0 Å². The van der Waals surface area contributed by atoms with Gasteiger partial charge in [0.05, 0.1) is 6.10 Å². The van der Waals surface area contributed by atoms with Crippen molar-refractivity contribution >= 4 is 17.0 Å². The molecule has 1 aromatic heterocycles. The molecule has 2 aromatic carbocycles. The van der Waals surface area contributed by atoms with Crippen LogP contribution >= 0.6 is 0 Å². The van der Waals surface area contributed by atoms with E-state index in [2.05, 4.69) is 12.1 Å². The summed E-state index contributed by atoms with van der Waals surface area (Å²) in [5, 5.41) is 30.9. The van der Waals surface area contributed by atoms with Crippen molar-refractivity contribution in [3.8, 4) is 17.1 Å². The highest BCUT2D eigenvalue weighted by Crippen LogP contribution is 2.35. The van der Waals surface area contributed by atoms with Crippen molar-refractivity contribution in [3.05, 3.63) is 59.7 Å². The van der Waals surface area contributed by atoms with Gasteiger partial charge in [0.1, 0.15) is 35.4 Å². The quantitative estimate of drug-likeness (QED) is 0.608. The Kier molecular flexibility index (Phi) is 5.66. The van der Waals surface area contributed by atoms with Gasteiger partial charge < -0.3 is 29.2 Å². The maximum atomic E-state index is 10.1. The van der Waals surface area contributed by atoms with Crippen LogP contribution in [0.25, 0.3) is 28.4 Å². The Labute approximate surface area is 175 Å². The largest absolute Gasteiger partial charge is 0.462 e. The molecular formula is C24H26O6. The van der Waals surface area contributed by atoms with Crippen LogP contribution in [-0.4, -0.2) is 46.0 Å². The number of aryl methyl sites for hydroxylation is 1. The lowest BCUT2D eigenvalue weighted by molar-refractivity contribution is -0.268. The molecule has 1 aliphatic rings. The number of benzene rings is 2. The summed E-state index contributed by atoms with van der Waals surface area (Å²) in [5.41, 5.74) is 3.91. The van der Waals surface area contributed by atoms with Crippen LogP contribution in [0.15, 0.2) is 53.0 Å². The van der Waals surface area contributed by atoms with Gasteiger partial charge in [-0.25, -0.2) is 0 Å². The Bertz CT molecular complexity index is 1050. The molecule has 0 aliphatic carbocycles. The highest BCUT2D eigenvalue weighted by atomic mass is 16.7. The first kappa shape index (κ1) is 20.6. The molecule has 30 heavy (non-hydrogen) atoms. The molecule has 1 aliphatic heterocycles. The van der Waals surface area contributed by atoms with Crippen molar-refractivity contribution < 1.29 is 29.2 Å². The zero-order valence-electron chi connectivity index (χ0n) is 17.1. The fourth-order valence-corrected chi connectivity index (χ4v) is 3.74. The van der Waals surface area contributed by atoms with E-state index in [4.69, 9.17) is 13.9 Å². The van der Waals surface area contributed by atoms with Crippen LogP contribution < -0.4 is 4.74 Å². The lowest BCUT2D eigenvalue weighted by atomic mass is 10.00. The van der Waals surface area contributed by atoms with Gasteiger partial charge in [0.25, 0.3) is 0 Å². The molecule has 0 spiro atoms. The van der Waals surface area contributed by atoms with Crippen LogP contribution in [0.5, 0.6) is 5.75 Å². The van der Waals surface area contributed by atoms with Crippen LogP contribution in [0, 0.1) is 6.92 Å². The number of allylic oxidation sites excluding steroid dienone is 1. The predicted octanol–water partition coefficient (Wildman–Crippen LogP) is 3.65. The molecule has 0 unspecified atom stereocenters. The number of hydrogen-bond donors (Lipinski definition) is 3. The monoisotopic (exact) mass is 410 g/mol. The summed E-state index contributed by atoms with van der Waals surface area (Å²) in [6.45, 7) is 5.64. The van der Waals surface area contributed by atoms with Crippen molar-refractivity contribution in [2.45, 2.75) is 51.5 Å². The minimum Gasteiger partial charge on any atom is -0.462 e. The van der Waals surface area contributed by atoms with E-state index in [0.717, 1.165) is 33.4 Å².